The van der Waals surface area contributed by atoms with Crippen LogP contribution in [0.5, 0.6) is 5.75 Å². The van der Waals surface area contributed by atoms with Crippen molar-refractivity contribution in [2.24, 2.45) is 0 Å². The molecular weight excluding hydrogens is 468 g/mol. The number of carbonyl (C=O) groups excluding carboxylic acids is 1. The molecule has 0 aliphatic rings. The molecule has 0 bridgehead atoms. The number of aromatic nitrogens is 4. The maximum atomic E-state index is 13.5. The number of amides is 1. The summed E-state index contributed by atoms with van der Waals surface area (Å²) in [6, 6.07) is 12.8. The van der Waals surface area contributed by atoms with Crippen molar-refractivity contribution in [2.75, 3.05) is 5.32 Å². The Hall–Kier alpha value is -3.36. The van der Waals surface area contributed by atoms with Crippen LogP contribution in [0.15, 0.2) is 54.7 Å². The van der Waals surface area contributed by atoms with Gasteiger partial charge in [-0.05, 0) is 55.8 Å². The van der Waals surface area contributed by atoms with Crippen LogP contribution in [0.25, 0.3) is 0 Å². The van der Waals surface area contributed by atoms with Gasteiger partial charge in [0.05, 0.1) is 28.6 Å². The lowest BCUT2D eigenvalue weighted by Gasteiger charge is -2.08. The van der Waals surface area contributed by atoms with Crippen molar-refractivity contribution < 1.29 is 13.9 Å². The Morgan fingerprint density at radius 2 is 1.94 bits per heavy atom. The van der Waals surface area contributed by atoms with Gasteiger partial charge >= 0.3 is 0 Å². The van der Waals surface area contributed by atoms with Crippen molar-refractivity contribution in [2.45, 2.75) is 27.1 Å². The molecular formula is C23H20Cl2FN5O2. The van der Waals surface area contributed by atoms with Crippen molar-refractivity contribution >= 4 is 34.8 Å². The Morgan fingerprint density at radius 1 is 1.12 bits per heavy atom. The molecule has 10 heteroatoms. The predicted octanol–water partition coefficient (Wildman–Crippen LogP) is 5.48. The van der Waals surface area contributed by atoms with Crippen LogP contribution in [0.2, 0.25) is 10.0 Å². The fourth-order valence-corrected chi connectivity index (χ4v) is 3.76. The van der Waals surface area contributed by atoms with Crippen molar-refractivity contribution in [1.29, 1.82) is 0 Å². The van der Waals surface area contributed by atoms with Gasteiger partial charge in [0.25, 0.3) is 5.91 Å². The van der Waals surface area contributed by atoms with Crippen LogP contribution in [-0.4, -0.2) is 25.5 Å². The molecule has 1 amide bonds. The minimum Gasteiger partial charge on any atom is -0.470 e. The van der Waals surface area contributed by atoms with Gasteiger partial charge < -0.3 is 10.1 Å². The van der Waals surface area contributed by atoms with Gasteiger partial charge in [-0.3, -0.25) is 9.48 Å². The molecule has 2 heterocycles. The molecule has 2 aromatic carbocycles. The summed E-state index contributed by atoms with van der Waals surface area (Å²) in [5, 5.41) is 12.5. The van der Waals surface area contributed by atoms with Crippen LogP contribution in [-0.2, 0) is 13.3 Å². The minimum atomic E-state index is -0.380. The highest BCUT2D eigenvalue weighted by Crippen LogP contribution is 2.27. The number of hydrogen-bond donors (Lipinski definition) is 1. The average Bonchev–Trinajstić information content (AvgIpc) is 3.34. The molecule has 0 aliphatic carbocycles. The monoisotopic (exact) mass is 487 g/mol. The van der Waals surface area contributed by atoms with Crippen LogP contribution >= 0.6 is 23.2 Å². The molecule has 0 spiro atoms. The Bertz CT molecular complexity index is 1320. The maximum absolute atomic E-state index is 13.5. The first-order valence-electron chi connectivity index (χ1n) is 10.0. The first-order chi connectivity index (χ1) is 15.8. The maximum Gasteiger partial charge on any atom is 0.276 e. The van der Waals surface area contributed by atoms with Crippen LogP contribution in [0, 0.1) is 19.7 Å². The van der Waals surface area contributed by atoms with Crippen LogP contribution in [0.1, 0.15) is 27.4 Å². The van der Waals surface area contributed by atoms with E-state index in [9.17, 15) is 9.18 Å². The topological polar surface area (TPSA) is 74.0 Å². The first kappa shape index (κ1) is 22.8. The Kier molecular flexibility index (Phi) is 6.67. The SMILES string of the molecule is Cc1nn(Cc2cccc(F)c2)c(C)c1NC(=O)c1ccn(COc2ccc(Cl)cc2Cl)n1. The van der Waals surface area contributed by atoms with E-state index in [4.69, 9.17) is 27.9 Å². The number of carbonyl (C=O) groups is 1. The van der Waals surface area contributed by atoms with E-state index >= 15 is 0 Å². The summed E-state index contributed by atoms with van der Waals surface area (Å²) in [4.78, 5) is 12.8. The van der Waals surface area contributed by atoms with E-state index in [0.29, 0.717) is 33.7 Å². The molecule has 4 rings (SSSR count). The van der Waals surface area contributed by atoms with E-state index in [-0.39, 0.29) is 24.1 Å². The number of benzene rings is 2. The van der Waals surface area contributed by atoms with Crippen molar-refractivity contribution in [3.05, 3.63) is 93.2 Å². The fraction of sp³-hybridized carbons (Fsp3) is 0.174. The summed E-state index contributed by atoms with van der Waals surface area (Å²) in [7, 11) is 0. The second-order valence-corrected chi connectivity index (χ2v) is 8.22. The second-order valence-electron chi connectivity index (χ2n) is 7.38. The van der Waals surface area contributed by atoms with Gasteiger partial charge in [0.2, 0.25) is 0 Å². The average molecular weight is 488 g/mol. The predicted molar refractivity (Wildman–Crippen MR) is 124 cm³/mol. The summed E-state index contributed by atoms with van der Waals surface area (Å²) >= 11 is 12.0. The lowest BCUT2D eigenvalue weighted by atomic mass is 10.2. The highest BCUT2D eigenvalue weighted by molar-refractivity contribution is 6.35. The normalized spacial score (nSPS) is 10.9. The quantitative estimate of drug-likeness (QED) is 0.374. The van der Waals surface area contributed by atoms with Crippen molar-refractivity contribution in [1.82, 2.24) is 19.6 Å². The van der Waals surface area contributed by atoms with Gasteiger partial charge in [-0.15, -0.1) is 0 Å². The number of halogens is 3. The summed E-state index contributed by atoms with van der Waals surface area (Å²) in [6.07, 6.45) is 1.63. The molecule has 2 aromatic heterocycles. The summed E-state index contributed by atoms with van der Waals surface area (Å²) < 4.78 is 22.3. The van der Waals surface area contributed by atoms with Gasteiger partial charge in [0.15, 0.2) is 12.4 Å². The zero-order valence-electron chi connectivity index (χ0n) is 17.8. The molecule has 33 heavy (non-hydrogen) atoms. The van der Waals surface area contributed by atoms with Gasteiger partial charge in [0.1, 0.15) is 11.6 Å². The zero-order valence-corrected chi connectivity index (χ0v) is 19.4. The fourth-order valence-electron chi connectivity index (χ4n) is 3.30. The first-order valence-corrected chi connectivity index (χ1v) is 10.8. The highest BCUT2D eigenvalue weighted by Gasteiger charge is 2.17. The Balaban J connectivity index is 1.42. The molecule has 0 atom stereocenters. The standard InChI is InChI=1S/C23H20Cl2FN5O2/c1-14-22(15(2)31(28-14)12-16-4-3-5-18(26)10-16)27-23(32)20-8-9-30(29-20)13-33-21-7-6-17(24)11-19(21)25/h3-11H,12-13H2,1-2H3,(H,27,32). The Labute approximate surface area is 199 Å². The number of rotatable bonds is 7. The third kappa shape index (κ3) is 5.35. The number of nitrogens with one attached hydrogen (secondary N) is 1. The number of ether oxygens (including phenoxy) is 1. The largest absolute Gasteiger partial charge is 0.470 e. The number of anilines is 1. The lowest BCUT2D eigenvalue weighted by molar-refractivity contribution is 0.102. The lowest BCUT2D eigenvalue weighted by Crippen LogP contribution is -2.15. The van der Waals surface area contributed by atoms with Gasteiger partial charge in [-0.25, -0.2) is 9.07 Å². The van der Waals surface area contributed by atoms with E-state index in [0.717, 1.165) is 11.3 Å². The molecule has 7 nitrogen and oxygen atoms in total. The summed E-state index contributed by atoms with van der Waals surface area (Å²) in [6.45, 7) is 4.10. The summed E-state index contributed by atoms with van der Waals surface area (Å²) in [5.41, 5.74) is 2.99. The molecule has 0 radical (unpaired) electrons. The smallest absolute Gasteiger partial charge is 0.276 e. The van der Waals surface area contributed by atoms with Crippen LogP contribution < -0.4 is 10.1 Å². The molecule has 0 aliphatic heterocycles. The molecule has 170 valence electrons. The summed E-state index contributed by atoms with van der Waals surface area (Å²) in [5.74, 6) is -0.227. The molecule has 4 aromatic rings. The molecule has 0 saturated carbocycles. The molecule has 0 saturated heterocycles. The molecule has 0 fully saturated rings. The minimum absolute atomic E-state index is 0.0677. The van der Waals surface area contributed by atoms with E-state index < -0.39 is 0 Å². The van der Waals surface area contributed by atoms with Gasteiger partial charge in [-0.2, -0.15) is 10.2 Å². The third-order valence-corrected chi connectivity index (χ3v) is 5.49. The molecule has 0 unspecified atom stereocenters. The highest BCUT2D eigenvalue weighted by atomic mass is 35.5. The molecule has 1 N–H and O–H groups in total. The number of hydrogen-bond acceptors (Lipinski definition) is 4. The number of aryl methyl sites for hydroxylation is 1. The van der Waals surface area contributed by atoms with E-state index in [2.05, 4.69) is 15.5 Å². The van der Waals surface area contributed by atoms with Crippen LogP contribution in [0.4, 0.5) is 10.1 Å². The van der Waals surface area contributed by atoms with E-state index in [1.807, 2.05) is 13.0 Å². The van der Waals surface area contributed by atoms with Crippen molar-refractivity contribution in [3.63, 3.8) is 0 Å². The third-order valence-electron chi connectivity index (χ3n) is 4.96. The Morgan fingerprint density at radius 3 is 2.70 bits per heavy atom. The second kappa shape index (κ2) is 9.64. The van der Waals surface area contributed by atoms with Crippen molar-refractivity contribution in [3.8, 4) is 5.75 Å². The number of nitrogens with zero attached hydrogens (tertiary/aromatic N) is 4. The zero-order chi connectivity index (χ0) is 23.5. The van der Waals surface area contributed by atoms with E-state index in [1.54, 1.807) is 48.1 Å². The van der Waals surface area contributed by atoms with E-state index in [1.165, 1.54) is 16.8 Å². The van der Waals surface area contributed by atoms with Gasteiger partial charge in [-0.1, -0.05) is 35.3 Å². The van der Waals surface area contributed by atoms with Gasteiger partial charge in [0, 0.05) is 11.2 Å². The van der Waals surface area contributed by atoms with Crippen LogP contribution in [0.3, 0.4) is 0 Å².